The van der Waals surface area contributed by atoms with Gasteiger partial charge in [0.2, 0.25) is 0 Å². The summed E-state index contributed by atoms with van der Waals surface area (Å²) in [6, 6.07) is 0.146. The first kappa shape index (κ1) is 13.2. The molecule has 0 aliphatic carbocycles. The molecule has 0 aromatic carbocycles. The molecular weight excluding hydrogens is 246 g/mol. The van der Waals surface area contributed by atoms with Crippen LogP contribution in [-0.4, -0.2) is 14.5 Å². The van der Waals surface area contributed by atoms with E-state index in [1.807, 2.05) is 37.9 Å². The maximum atomic E-state index is 5.66. The van der Waals surface area contributed by atoms with Gasteiger partial charge in [-0.15, -0.1) is 11.3 Å². The first-order valence-electron chi connectivity index (χ1n) is 5.98. The zero-order valence-corrected chi connectivity index (χ0v) is 11.8. The summed E-state index contributed by atoms with van der Waals surface area (Å²) in [5.41, 5.74) is 3.96. The minimum atomic E-state index is 0.146. The Morgan fingerprint density at radius 3 is 2.78 bits per heavy atom. The van der Waals surface area contributed by atoms with Crippen molar-refractivity contribution in [3.8, 4) is 0 Å². The molecule has 0 amide bonds. The van der Waals surface area contributed by atoms with Gasteiger partial charge in [0.25, 0.3) is 0 Å². The van der Waals surface area contributed by atoms with Crippen molar-refractivity contribution in [3.05, 3.63) is 33.8 Å². The zero-order chi connectivity index (χ0) is 13.1. The smallest absolute Gasteiger partial charge is 0.108 e. The van der Waals surface area contributed by atoms with Gasteiger partial charge in [0, 0.05) is 30.7 Å². The molecule has 98 valence electrons. The molecule has 0 radical (unpaired) electrons. The second kappa shape index (κ2) is 5.60. The van der Waals surface area contributed by atoms with Crippen LogP contribution in [-0.2, 0) is 13.5 Å². The third-order valence-corrected chi connectivity index (χ3v) is 4.22. The standard InChI is InChI=1S/C12H19N5S/c1-8-12(18-9(2)15-8)10(16-13)4-5-11-14-6-7-17(11)3/h6-7,10,16H,4-5,13H2,1-3H3. The van der Waals surface area contributed by atoms with Crippen molar-refractivity contribution in [2.75, 3.05) is 0 Å². The van der Waals surface area contributed by atoms with Crippen molar-refractivity contribution in [2.45, 2.75) is 32.7 Å². The highest BCUT2D eigenvalue weighted by atomic mass is 32.1. The molecule has 0 saturated heterocycles. The average Bonchev–Trinajstić information content (AvgIpc) is 2.87. The minimum absolute atomic E-state index is 0.146. The molecule has 5 nitrogen and oxygen atoms in total. The van der Waals surface area contributed by atoms with E-state index < -0.39 is 0 Å². The summed E-state index contributed by atoms with van der Waals surface area (Å²) in [4.78, 5) is 10.00. The Morgan fingerprint density at radius 2 is 2.28 bits per heavy atom. The highest BCUT2D eigenvalue weighted by Gasteiger charge is 2.16. The number of nitrogens with zero attached hydrogens (tertiary/aromatic N) is 3. The number of aromatic nitrogens is 3. The maximum absolute atomic E-state index is 5.66. The van der Waals surface area contributed by atoms with Gasteiger partial charge >= 0.3 is 0 Å². The fraction of sp³-hybridized carbons (Fsp3) is 0.500. The van der Waals surface area contributed by atoms with E-state index in [0.29, 0.717) is 0 Å². The molecule has 2 heterocycles. The van der Waals surface area contributed by atoms with Crippen LogP contribution in [0.15, 0.2) is 12.4 Å². The van der Waals surface area contributed by atoms with Crippen molar-refractivity contribution in [1.29, 1.82) is 0 Å². The van der Waals surface area contributed by atoms with Crippen LogP contribution >= 0.6 is 11.3 Å². The van der Waals surface area contributed by atoms with Gasteiger partial charge in [-0.2, -0.15) is 0 Å². The van der Waals surface area contributed by atoms with Crippen LogP contribution in [0, 0.1) is 13.8 Å². The Hall–Kier alpha value is -1.24. The Kier molecular flexibility index (Phi) is 4.11. The Bertz CT molecular complexity index is 516. The zero-order valence-electron chi connectivity index (χ0n) is 11.0. The van der Waals surface area contributed by atoms with E-state index in [4.69, 9.17) is 5.84 Å². The minimum Gasteiger partial charge on any atom is -0.338 e. The first-order chi connectivity index (χ1) is 8.61. The fourth-order valence-electron chi connectivity index (χ4n) is 2.07. The summed E-state index contributed by atoms with van der Waals surface area (Å²) in [7, 11) is 2.01. The van der Waals surface area contributed by atoms with E-state index in [0.717, 1.165) is 29.4 Å². The van der Waals surface area contributed by atoms with E-state index in [-0.39, 0.29) is 6.04 Å². The lowest BCUT2D eigenvalue weighted by Gasteiger charge is -2.14. The van der Waals surface area contributed by atoms with E-state index >= 15 is 0 Å². The molecule has 6 heteroatoms. The lowest BCUT2D eigenvalue weighted by molar-refractivity contribution is 0.511. The molecule has 0 aliphatic rings. The lowest BCUT2D eigenvalue weighted by atomic mass is 10.1. The summed E-state index contributed by atoms with van der Waals surface area (Å²) in [6.45, 7) is 4.05. The molecule has 3 N–H and O–H groups in total. The Balaban J connectivity index is 2.06. The number of hydrogen-bond acceptors (Lipinski definition) is 5. The van der Waals surface area contributed by atoms with Crippen LogP contribution in [0.4, 0.5) is 0 Å². The summed E-state index contributed by atoms with van der Waals surface area (Å²) in [6.07, 6.45) is 5.60. The monoisotopic (exact) mass is 265 g/mol. The maximum Gasteiger partial charge on any atom is 0.108 e. The van der Waals surface area contributed by atoms with E-state index in [9.17, 15) is 0 Å². The predicted molar refractivity (Wildman–Crippen MR) is 73.2 cm³/mol. The SMILES string of the molecule is Cc1nc(C)c(C(CCc2nccn2C)NN)s1. The van der Waals surface area contributed by atoms with E-state index in [1.165, 1.54) is 4.88 Å². The van der Waals surface area contributed by atoms with E-state index in [2.05, 4.69) is 15.4 Å². The number of nitrogens with two attached hydrogens (primary N) is 1. The average molecular weight is 265 g/mol. The largest absolute Gasteiger partial charge is 0.338 e. The molecular formula is C12H19N5S. The van der Waals surface area contributed by atoms with Gasteiger partial charge in [-0.1, -0.05) is 0 Å². The van der Waals surface area contributed by atoms with Crippen LogP contribution in [0.1, 0.15) is 33.9 Å². The Labute approximate surface area is 111 Å². The van der Waals surface area contributed by atoms with Gasteiger partial charge in [0.15, 0.2) is 0 Å². The van der Waals surface area contributed by atoms with Gasteiger partial charge in [0.1, 0.15) is 5.82 Å². The van der Waals surface area contributed by atoms with Crippen LogP contribution in [0.5, 0.6) is 0 Å². The number of aryl methyl sites for hydroxylation is 4. The highest BCUT2D eigenvalue weighted by Crippen LogP contribution is 2.27. The van der Waals surface area contributed by atoms with Gasteiger partial charge in [0.05, 0.1) is 16.7 Å². The molecule has 2 rings (SSSR count). The summed E-state index contributed by atoms with van der Waals surface area (Å²) >= 11 is 1.71. The van der Waals surface area contributed by atoms with Crippen molar-refractivity contribution in [3.63, 3.8) is 0 Å². The molecule has 0 fully saturated rings. The van der Waals surface area contributed by atoms with Crippen LogP contribution in [0.3, 0.4) is 0 Å². The third kappa shape index (κ3) is 2.77. The van der Waals surface area contributed by atoms with E-state index in [1.54, 1.807) is 11.3 Å². The fourth-order valence-corrected chi connectivity index (χ4v) is 3.09. The highest BCUT2D eigenvalue weighted by molar-refractivity contribution is 7.11. The molecule has 1 atom stereocenters. The number of imidazole rings is 1. The molecule has 0 bridgehead atoms. The van der Waals surface area contributed by atoms with Crippen molar-refractivity contribution in [2.24, 2.45) is 12.9 Å². The lowest BCUT2D eigenvalue weighted by Crippen LogP contribution is -2.28. The van der Waals surface area contributed by atoms with Crippen molar-refractivity contribution < 1.29 is 0 Å². The molecule has 2 aromatic heterocycles. The number of thiazole rings is 1. The molecule has 2 aromatic rings. The first-order valence-corrected chi connectivity index (χ1v) is 6.79. The number of hydrogen-bond donors (Lipinski definition) is 2. The second-order valence-corrected chi connectivity index (χ2v) is 5.63. The summed E-state index contributed by atoms with van der Waals surface area (Å²) < 4.78 is 2.04. The molecule has 1 unspecified atom stereocenters. The molecule has 0 aliphatic heterocycles. The quantitative estimate of drug-likeness (QED) is 0.637. The number of hydrazine groups is 1. The van der Waals surface area contributed by atoms with Crippen molar-refractivity contribution in [1.82, 2.24) is 20.0 Å². The number of rotatable bonds is 5. The normalized spacial score (nSPS) is 12.9. The van der Waals surface area contributed by atoms with Gasteiger partial charge < -0.3 is 4.57 Å². The Morgan fingerprint density at radius 1 is 1.50 bits per heavy atom. The van der Waals surface area contributed by atoms with Gasteiger partial charge in [-0.3, -0.25) is 11.3 Å². The topological polar surface area (TPSA) is 68.8 Å². The summed E-state index contributed by atoms with van der Waals surface area (Å²) in [5, 5.41) is 1.08. The van der Waals surface area contributed by atoms with Crippen LogP contribution < -0.4 is 11.3 Å². The van der Waals surface area contributed by atoms with Crippen molar-refractivity contribution >= 4 is 11.3 Å². The number of nitrogens with one attached hydrogen (secondary N) is 1. The van der Waals surface area contributed by atoms with Crippen LogP contribution in [0.2, 0.25) is 0 Å². The van der Waals surface area contributed by atoms with Gasteiger partial charge in [-0.05, 0) is 20.3 Å². The third-order valence-electron chi connectivity index (χ3n) is 3.03. The second-order valence-electron chi connectivity index (χ2n) is 4.39. The summed E-state index contributed by atoms with van der Waals surface area (Å²) in [5.74, 6) is 6.74. The molecule has 18 heavy (non-hydrogen) atoms. The van der Waals surface area contributed by atoms with Gasteiger partial charge in [-0.25, -0.2) is 9.97 Å². The molecule has 0 spiro atoms. The molecule has 0 saturated carbocycles. The van der Waals surface area contributed by atoms with Crippen LogP contribution in [0.25, 0.3) is 0 Å². The predicted octanol–water partition coefficient (Wildman–Crippen LogP) is 1.63.